The molecule has 2 N–H and O–H groups in total. The number of benzene rings is 1. The summed E-state index contributed by atoms with van der Waals surface area (Å²) < 4.78 is 0. The van der Waals surface area contributed by atoms with Crippen molar-refractivity contribution in [1.29, 1.82) is 0 Å². The van der Waals surface area contributed by atoms with Gasteiger partial charge in [0.15, 0.2) is 0 Å². The number of carbonyl (C=O) groups is 1. The molecule has 5 heteroatoms. The summed E-state index contributed by atoms with van der Waals surface area (Å²) in [6.07, 6.45) is 0. The van der Waals surface area contributed by atoms with Crippen LogP contribution in [0.15, 0.2) is 18.2 Å². The molecule has 0 radical (unpaired) electrons. The molecule has 0 aliphatic rings. The molecule has 2 rings (SSSR count). The molecule has 4 nitrogen and oxygen atoms in total. The largest absolute Gasteiger partial charge is 1.00 e. The molecule has 0 bridgehead atoms. The number of halogens is 1. The number of hydrogen-bond donors (Lipinski definition) is 2. The van der Waals surface area contributed by atoms with Gasteiger partial charge in [0.2, 0.25) is 0 Å². The molecule has 1 aromatic heterocycles. The lowest BCUT2D eigenvalue weighted by atomic mass is 10.2. The number of hydrogen-bond acceptors (Lipinski definition) is 2. The highest BCUT2D eigenvalue weighted by Crippen LogP contribution is 2.18. The van der Waals surface area contributed by atoms with E-state index < -0.39 is 5.97 Å². The first kappa shape index (κ1) is 12.5. The molecule has 2 aromatic rings. The van der Waals surface area contributed by atoms with Crippen LogP contribution in [0.25, 0.3) is 11.0 Å². The van der Waals surface area contributed by atoms with E-state index in [-0.39, 0.29) is 18.0 Å². The standard InChI is InChI=1S/C11H12N2O2.ClH/c1-6(2)10-12-8-4-3-7(11(14)15)5-9(8)13-10;/h3-6H,1-2H3,(H,12,13)(H,14,15);1H/p-1. The fourth-order valence-corrected chi connectivity index (χ4v) is 1.44. The van der Waals surface area contributed by atoms with E-state index in [1.54, 1.807) is 18.2 Å². The Morgan fingerprint density at radius 3 is 2.69 bits per heavy atom. The summed E-state index contributed by atoms with van der Waals surface area (Å²) >= 11 is 0. The van der Waals surface area contributed by atoms with E-state index in [0.717, 1.165) is 16.9 Å². The number of rotatable bonds is 2. The predicted octanol–water partition coefficient (Wildman–Crippen LogP) is -0.611. The van der Waals surface area contributed by atoms with E-state index in [2.05, 4.69) is 9.97 Å². The Labute approximate surface area is 99.1 Å². The van der Waals surface area contributed by atoms with Crippen LogP contribution >= 0.6 is 0 Å². The molecule has 0 atom stereocenters. The number of aromatic amines is 1. The summed E-state index contributed by atoms with van der Waals surface area (Å²) in [6.45, 7) is 4.08. The molecule has 0 spiro atoms. The first-order valence-electron chi connectivity index (χ1n) is 4.81. The van der Waals surface area contributed by atoms with Crippen molar-refractivity contribution in [3.05, 3.63) is 29.6 Å². The molecule has 16 heavy (non-hydrogen) atoms. The molecule has 0 saturated heterocycles. The molecule has 1 heterocycles. The number of fused-ring (bicyclic) bond motifs is 1. The van der Waals surface area contributed by atoms with Crippen LogP contribution in [-0.2, 0) is 0 Å². The summed E-state index contributed by atoms with van der Waals surface area (Å²) in [5.41, 5.74) is 1.86. The predicted molar refractivity (Wildman–Crippen MR) is 57.1 cm³/mol. The molecule has 0 aliphatic heterocycles. The first-order chi connectivity index (χ1) is 7.08. The summed E-state index contributed by atoms with van der Waals surface area (Å²) in [5, 5.41) is 8.83. The second-order valence-corrected chi connectivity index (χ2v) is 3.81. The molecular weight excluding hydrogens is 228 g/mol. The summed E-state index contributed by atoms with van der Waals surface area (Å²) in [5.74, 6) is 0.274. The number of nitrogens with zero attached hydrogens (tertiary/aromatic N) is 1. The van der Waals surface area contributed by atoms with Crippen LogP contribution in [0.2, 0.25) is 0 Å². The fraction of sp³-hybridized carbons (Fsp3) is 0.273. The smallest absolute Gasteiger partial charge is 0.335 e. The normalized spacial score (nSPS) is 10.4. The molecular formula is C11H12ClN2O2-. The SMILES string of the molecule is CC(C)c1nc2ccc(C(=O)O)cc2[nH]1.[Cl-]. The van der Waals surface area contributed by atoms with Crippen molar-refractivity contribution in [3.8, 4) is 0 Å². The maximum absolute atomic E-state index is 10.8. The number of H-pyrrole nitrogens is 1. The number of aromatic carboxylic acids is 1. The average molecular weight is 240 g/mol. The van der Waals surface area contributed by atoms with Gasteiger partial charge < -0.3 is 22.5 Å². The Kier molecular flexibility index (Phi) is 3.55. The van der Waals surface area contributed by atoms with Crippen molar-refractivity contribution in [2.45, 2.75) is 19.8 Å². The quantitative estimate of drug-likeness (QED) is 0.735. The van der Waals surface area contributed by atoms with Crippen molar-refractivity contribution < 1.29 is 22.3 Å². The minimum atomic E-state index is -0.919. The van der Waals surface area contributed by atoms with Gasteiger partial charge in [-0.2, -0.15) is 0 Å². The Morgan fingerprint density at radius 1 is 1.44 bits per heavy atom. The number of imidazole rings is 1. The highest BCUT2D eigenvalue weighted by atomic mass is 35.5. The summed E-state index contributed by atoms with van der Waals surface area (Å²) in [7, 11) is 0. The second kappa shape index (κ2) is 4.53. The lowest BCUT2D eigenvalue weighted by Crippen LogP contribution is -3.00. The highest BCUT2D eigenvalue weighted by Gasteiger charge is 2.08. The van der Waals surface area contributed by atoms with Gasteiger partial charge in [0, 0.05) is 5.92 Å². The third-order valence-electron chi connectivity index (χ3n) is 2.29. The minimum absolute atomic E-state index is 0. The van der Waals surface area contributed by atoms with E-state index in [4.69, 9.17) is 5.11 Å². The van der Waals surface area contributed by atoms with Gasteiger partial charge in [-0.1, -0.05) is 13.8 Å². The Hall–Kier alpha value is -1.55. The maximum atomic E-state index is 10.8. The zero-order valence-electron chi connectivity index (χ0n) is 8.99. The molecule has 0 aliphatic carbocycles. The average Bonchev–Trinajstić information content (AvgIpc) is 2.59. The van der Waals surface area contributed by atoms with E-state index in [1.807, 2.05) is 13.8 Å². The third-order valence-corrected chi connectivity index (χ3v) is 2.29. The zero-order chi connectivity index (χ0) is 11.0. The lowest BCUT2D eigenvalue weighted by molar-refractivity contribution is -0.0000188. The molecule has 0 unspecified atom stereocenters. The molecule has 0 amide bonds. The van der Waals surface area contributed by atoms with Crippen LogP contribution in [0, 0.1) is 0 Å². The fourth-order valence-electron chi connectivity index (χ4n) is 1.44. The van der Waals surface area contributed by atoms with Crippen LogP contribution in [0.1, 0.15) is 35.9 Å². The van der Waals surface area contributed by atoms with E-state index in [1.165, 1.54) is 0 Å². The van der Waals surface area contributed by atoms with Crippen molar-refractivity contribution in [3.63, 3.8) is 0 Å². The Bertz CT molecular complexity index is 520. The molecule has 0 saturated carbocycles. The van der Waals surface area contributed by atoms with Gasteiger partial charge in [-0.05, 0) is 18.2 Å². The summed E-state index contributed by atoms with van der Waals surface area (Å²) in [6, 6.07) is 4.90. The van der Waals surface area contributed by atoms with Gasteiger partial charge in [-0.15, -0.1) is 0 Å². The van der Waals surface area contributed by atoms with E-state index >= 15 is 0 Å². The van der Waals surface area contributed by atoms with Gasteiger partial charge in [0.05, 0.1) is 16.6 Å². The van der Waals surface area contributed by atoms with Crippen molar-refractivity contribution in [1.82, 2.24) is 9.97 Å². The minimum Gasteiger partial charge on any atom is -1.00 e. The van der Waals surface area contributed by atoms with Crippen LogP contribution < -0.4 is 12.4 Å². The second-order valence-electron chi connectivity index (χ2n) is 3.81. The molecule has 1 aromatic carbocycles. The van der Waals surface area contributed by atoms with Crippen LogP contribution in [0.4, 0.5) is 0 Å². The Balaban J connectivity index is 0.00000128. The summed E-state index contributed by atoms with van der Waals surface area (Å²) in [4.78, 5) is 18.2. The van der Waals surface area contributed by atoms with Crippen molar-refractivity contribution in [2.24, 2.45) is 0 Å². The first-order valence-corrected chi connectivity index (χ1v) is 4.81. The topological polar surface area (TPSA) is 66.0 Å². The van der Waals surface area contributed by atoms with Gasteiger partial charge in [0.25, 0.3) is 0 Å². The Morgan fingerprint density at radius 2 is 2.12 bits per heavy atom. The number of aromatic nitrogens is 2. The number of nitrogens with one attached hydrogen (secondary N) is 1. The van der Waals surface area contributed by atoms with Crippen molar-refractivity contribution >= 4 is 17.0 Å². The molecule has 86 valence electrons. The van der Waals surface area contributed by atoms with Crippen LogP contribution in [0.5, 0.6) is 0 Å². The van der Waals surface area contributed by atoms with Gasteiger partial charge >= 0.3 is 5.97 Å². The van der Waals surface area contributed by atoms with Crippen molar-refractivity contribution in [2.75, 3.05) is 0 Å². The monoisotopic (exact) mass is 239 g/mol. The lowest BCUT2D eigenvalue weighted by Gasteiger charge is -1.95. The number of carboxylic acids is 1. The van der Waals surface area contributed by atoms with Crippen LogP contribution in [0.3, 0.4) is 0 Å². The van der Waals surface area contributed by atoms with Gasteiger partial charge in [-0.25, -0.2) is 9.78 Å². The maximum Gasteiger partial charge on any atom is 0.335 e. The highest BCUT2D eigenvalue weighted by molar-refractivity contribution is 5.92. The van der Waals surface area contributed by atoms with Gasteiger partial charge in [0.1, 0.15) is 5.82 Å². The van der Waals surface area contributed by atoms with Gasteiger partial charge in [-0.3, -0.25) is 0 Å². The zero-order valence-corrected chi connectivity index (χ0v) is 9.75. The van der Waals surface area contributed by atoms with Crippen LogP contribution in [-0.4, -0.2) is 21.0 Å². The van der Waals surface area contributed by atoms with E-state index in [9.17, 15) is 4.79 Å². The number of carboxylic acid groups (broad SMARTS) is 1. The van der Waals surface area contributed by atoms with E-state index in [0.29, 0.717) is 5.92 Å². The molecule has 0 fully saturated rings. The third kappa shape index (κ3) is 2.17.